The lowest BCUT2D eigenvalue weighted by atomic mass is 9.88. The number of benzene rings is 1. The predicted octanol–water partition coefficient (Wildman–Crippen LogP) is 2.45. The summed E-state index contributed by atoms with van der Waals surface area (Å²) < 4.78 is 13.7. The van der Waals surface area contributed by atoms with E-state index < -0.39 is 0 Å². The van der Waals surface area contributed by atoms with E-state index in [0.717, 1.165) is 12.1 Å². The van der Waals surface area contributed by atoms with Crippen molar-refractivity contribution < 1.29 is 9.18 Å². The normalized spacial score (nSPS) is 17.0. The van der Waals surface area contributed by atoms with Gasteiger partial charge in [0.2, 0.25) is 0 Å². The van der Waals surface area contributed by atoms with Crippen molar-refractivity contribution >= 4 is 5.91 Å². The Kier molecular flexibility index (Phi) is 3.27. The Morgan fingerprint density at radius 2 is 2.10 bits per heavy atom. The number of nitrogens with one attached hydrogen (secondary N) is 2. The monoisotopic (exact) mass is 287 g/mol. The quantitative estimate of drug-likeness (QED) is 0.891. The molecule has 4 nitrogen and oxygen atoms in total. The Hall–Kier alpha value is -2.17. The molecule has 2 heterocycles. The number of nitrogens with zero attached hydrogens (tertiary/aromatic N) is 1. The standard InChI is InChI=1S/C16H18FN3O/c1-16(2)8-12-14(15(21)18-9-16)20-13(19-12)7-10-5-3-4-6-11(10)17/h3-6H,7-9H2,1-2H3,(H,18,21)(H,19,20). The van der Waals surface area contributed by atoms with Crippen LogP contribution in [0, 0.1) is 11.2 Å². The number of H-pyrrole nitrogens is 1. The molecule has 1 amide bonds. The van der Waals surface area contributed by atoms with Gasteiger partial charge in [-0.25, -0.2) is 9.37 Å². The van der Waals surface area contributed by atoms with Crippen LogP contribution in [0.4, 0.5) is 4.39 Å². The smallest absolute Gasteiger partial charge is 0.271 e. The van der Waals surface area contributed by atoms with Crippen molar-refractivity contribution in [3.8, 4) is 0 Å². The molecule has 1 aliphatic heterocycles. The van der Waals surface area contributed by atoms with E-state index in [1.165, 1.54) is 6.07 Å². The summed E-state index contributed by atoms with van der Waals surface area (Å²) in [6, 6.07) is 6.61. The number of halogens is 1. The third kappa shape index (κ3) is 2.82. The molecule has 1 aromatic heterocycles. The minimum atomic E-state index is -0.256. The molecular formula is C16H18FN3O. The second-order valence-electron chi connectivity index (χ2n) is 6.30. The van der Waals surface area contributed by atoms with E-state index in [1.54, 1.807) is 18.2 Å². The van der Waals surface area contributed by atoms with E-state index in [2.05, 4.69) is 29.1 Å². The molecule has 1 aliphatic rings. The van der Waals surface area contributed by atoms with Crippen LogP contribution in [0.1, 0.15) is 41.4 Å². The fourth-order valence-electron chi connectivity index (χ4n) is 2.63. The van der Waals surface area contributed by atoms with Crippen LogP contribution in [-0.4, -0.2) is 22.4 Å². The van der Waals surface area contributed by atoms with Crippen LogP contribution >= 0.6 is 0 Å². The molecule has 3 rings (SSSR count). The number of hydrogen-bond donors (Lipinski definition) is 2. The summed E-state index contributed by atoms with van der Waals surface area (Å²) in [6.45, 7) is 4.82. The van der Waals surface area contributed by atoms with Crippen LogP contribution in [0.5, 0.6) is 0 Å². The average molecular weight is 287 g/mol. The molecule has 0 saturated carbocycles. The molecule has 110 valence electrons. The van der Waals surface area contributed by atoms with Gasteiger partial charge in [0.1, 0.15) is 17.3 Å². The van der Waals surface area contributed by atoms with Gasteiger partial charge >= 0.3 is 0 Å². The molecule has 0 spiro atoms. The SMILES string of the molecule is CC1(C)CNC(=O)c2nc(Cc3ccccc3F)[nH]c2C1. The molecule has 5 heteroatoms. The van der Waals surface area contributed by atoms with Crippen molar-refractivity contribution in [3.05, 3.63) is 52.9 Å². The highest BCUT2D eigenvalue weighted by molar-refractivity contribution is 5.94. The van der Waals surface area contributed by atoms with Crippen LogP contribution in [0.15, 0.2) is 24.3 Å². The summed E-state index contributed by atoms with van der Waals surface area (Å²) in [5, 5.41) is 2.88. The van der Waals surface area contributed by atoms with E-state index in [-0.39, 0.29) is 17.1 Å². The Bertz CT molecular complexity index is 691. The minimum absolute atomic E-state index is 0.0251. The third-order valence-corrected chi connectivity index (χ3v) is 3.74. The zero-order valence-electron chi connectivity index (χ0n) is 12.2. The molecule has 0 unspecified atom stereocenters. The van der Waals surface area contributed by atoms with Crippen LogP contribution in [-0.2, 0) is 12.8 Å². The highest BCUT2D eigenvalue weighted by Gasteiger charge is 2.29. The van der Waals surface area contributed by atoms with Crippen LogP contribution in [0.25, 0.3) is 0 Å². The maximum atomic E-state index is 13.7. The summed E-state index contributed by atoms with van der Waals surface area (Å²) in [4.78, 5) is 19.6. The van der Waals surface area contributed by atoms with Gasteiger partial charge in [-0.1, -0.05) is 32.0 Å². The van der Waals surface area contributed by atoms with E-state index in [9.17, 15) is 9.18 Å². The van der Waals surface area contributed by atoms with Gasteiger partial charge in [-0.05, 0) is 23.5 Å². The first-order valence-electron chi connectivity index (χ1n) is 7.04. The number of fused-ring (bicyclic) bond motifs is 1. The molecule has 0 aliphatic carbocycles. The maximum Gasteiger partial charge on any atom is 0.271 e. The van der Waals surface area contributed by atoms with Crippen molar-refractivity contribution in [1.29, 1.82) is 0 Å². The lowest BCUT2D eigenvalue weighted by Crippen LogP contribution is -2.32. The second-order valence-corrected chi connectivity index (χ2v) is 6.30. The van der Waals surface area contributed by atoms with Gasteiger partial charge in [0.05, 0.1) is 0 Å². The Morgan fingerprint density at radius 3 is 2.86 bits per heavy atom. The van der Waals surface area contributed by atoms with Crippen molar-refractivity contribution in [2.75, 3.05) is 6.54 Å². The highest BCUT2D eigenvalue weighted by atomic mass is 19.1. The molecule has 0 fully saturated rings. The van der Waals surface area contributed by atoms with Gasteiger partial charge in [-0.2, -0.15) is 0 Å². The fraction of sp³-hybridized carbons (Fsp3) is 0.375. The Labute approximate surface area is 122 Å². The predicted molar refractivity (Wildman–Crippen MR) is 77.6 cm³/mol. The third-order valence-electron chi connectivity index (χ3n) is 3.74. The molecule has 21 heavy (non-hydrogen) atoms. The van der Waals surface area contributed by atoms with Crippen LogP contribution < -0.4 is 5.32 Å². The fourth-order valence-corrected chi connectivity index (χ4v) is 2.63. The van der Waals surface area contributed by atoms with E-state index in [0.29, 0.717) is 30.0 Å². The van der Waals surface area contributed by atoms with Gasteiger partial charge in [0.25, 0.3) is 5.91 Å². The zero-order chi connectivity index (χ0) is 15.0. The van der Waals surface area contributed by atoms with E-state index in [4.69, 9.17) is 0 Å². The number of imidazole rings is 1. The Balaban J connectivity index is 1.92. The summed E-state index contributed by atoms with van der Waals surface area (Å²) in [7, 11) is 0. The molecule has 1 aromatic carbocycles. The first kappa shape index (κ1) is 13.8. The summed E-state index contributed by atoms with van der Waals surface area (Å²) in [5.41, 5.74) is 1.82. The topological polar surface area (TPSA) is 57.8 Å². The Morgan fingerprint density at radius 1 is 1.33 bits per heavy atom. The largest absolute Gasteiger partial charge is 0.350 e. The molecule has 0 saturated heterocycles. The van der Waals surface area contributed by atoms with Crippen LogP contribution in [0.2, 0.25) is 0 Å². The first-order chi connectivity index (χ1) is 9.94. The first-order valence-corrected chi connectivity index (χ1v) is 7.04. The summed E-state index contributed by atoms with van der Waals surface area (Å²) in [5.74, 6) is 0.207. The molecule has 2 aromatic rings. The second kappa shape index (κ2) is 4.98. The number of hydrogen-bond acceptors (Lipinski definition) is 2. The zero-order valence-corrected chi connectivity index (χ0v) is 12.2. The molecule has 0 atom stereocenters. The molecule has 2 N–H and O–H groups in total. The van der Waals surface area contributed by atoms with Crippen molar-refractivity contribution in [1.82, 2.24) is 15.3 Å². The van der Waals surface area contributed by atoms with Crippen LogP contribution in [0.3, 0.4) is 0 Å². The lowest BCUT2D eigenvalue weighted by molar-refractivity contribution is 0.0940. The van der Waals surface area contributed by atoms with Crippen molar-refractivity contribution in [2.45, 2.75) is 26.7 Å². The maximum absolute atomic E-state index is 13.7. The number of rotatable bonds is 2. The highest BCUT2D eigenvalue weighted by Crippen LogP contribution is 2.25. The van der Waals surface area contributed by atoms with Gasteiger partial charge in [0, 0.05) is 18.7 Å². The minimum Gasteiger partial charge on any atom is -0.350 e. The molecular weight excluding hydrogens is 269 g/mol. The van der Waals surface area contributed by atoms with E-state index >= 15 is 0 Å². The number of carbonyl (C=O) groups is 1. The van der Waals surface area contributed by atoms with Crippen molar-refractivity contribution in [3.63, 3.8) is 0 Å². The average Bonchev–Trinajstić information content (AvgIpc) is 2.76. The van der Waals surface area contributed by atoms with E-state index in [1.807, 2.05) is 0 Å². The van der Waals surface area contributed by atoms with Gasteiger partial charge in [-0.15, -0.1) is 0 Å². The number of carbonyl (C=O) groups excluding carboxylic acids is 1. The molecule has 0 radical (unpaired) electrons. The lowest BCUT2D eigenvalue weighted by Gasteiger charge is -2.21. The van der Waals surface area contributed by atoms with Gasteiger partial charge < -0.3 is 10.3 Å². The number of aromatic nitrogens is 2. The summed E-state index contributed by atoms with van der Waals surface area (Å²) >= 11 is 0. The van der Waals surface area contributed by atoms with Gasteiger partial charge in [-0.3, -0.25) is 4.79 Å². The number of amides is 1. The molecule has 0 bridgehead atoms. The number of aromatic amines is 1. The summed E-state index contributed by atoms with van der Waals surface area (Å²) in [6.07, 6.45) is 1.10. The van der Waals surface area contributed by atoms with Gasteiger partial charge in [0.15, 0.2) is 0 Å². The van der Waals surface area contributed by atoms with Crippen molar-refractivity contribution in [2.24, 2.45) is 5.41 Å².